The number of furan rings is 1. The zero-order valence-electron chi connectivity index (χ0n) is 13.4. The van der Waals surface area contributed by atoms with E-state index in [2.05, 4.69) is 15.5 Å². The van der Waals surface area contributed by atoms with Gasteiger partial charge in [0.2, 0.25) is 11.1 Å². The molecular weight excluding hydrogens is 326 g/mol. The van der Waals surface area contributed by atoms with E-state index >= 15 is 0 Å². The summed E-state index contributed by atoms with van der Waals surface area (Å²) >= 11 is 1.33. The number of benzene rings is 1. The predicted octanol–water partition coefficient (Wildman–Crippen LogP) is 2.24. The first-order valence-corrected chi connectivity index (χ1v) is 8.24. The Bertz CT molecular complexity index is 786. The van der Waals surface area contributed by atoms with Gasteiger partial charge in [0.25, 0.3) is 0 Å². The minimum absolute atomic E-state index is 0.0150. The van der Waals surface area contributed by atoms with Crippen LogP contribution in [0.1, 0.15) is 16.6 Å². The Morgan fingerprint density at radius 3 is 2.71 bits per heavy atom. The zero-order chi connectivity index (χ0) is 16.9. The summed E-state index contributed by atoms with van der Waals surface area (Å²) in [5.74, 6) is 0.734. The van der Waals surface area contributed by atoms with E-state index < -0.39 is 5.25 Å². The molecule has 3 aromatic rings. The summed E-state index contributed by atoms with van der Waals surface area (Å²) in [6.45, 7) is 0.417. The molecule has 0 saturated heterocycles. The first-order valence-electron chi connectivity index (χ1n) is 7.36. The molecule has 1 amide bonds. The molecule has 7 nitrogen and oxygen atoms in total. The minimum atomic E-state index is -0.414. The van der Waals surface area contributed by atoms with Crippen molar-refractivity contribution in [3.63, 3.8) is 0 Å². The smallest absolute Gasteiger partial charge is 0.240 e. The van der Waals surface area contributed by atoms with Crippen LogP contribution >= 0.6 is 11.8 Å². The number of rotatable bonds is 6. The summed E-state index contributed by atoms with van der Waals surface area (Å²) in [6.07, 6.45) is 1.61. The van der Waals surface area contributed by atoms with E-state index in [4.69, 9.17) is 4.42 Å². The third kappa shape index (κ3) is 3.65. The van der Waals surface area contributed by atoms with Crippen molar-refractivity contribution in [2.24, 2.45) is 0 Å². The summed E-state index contributed by atoms with van der Waals surface area (Å²) in [5.41, 5.74) is 0.911. The van der Waals surface area contributed by atoms with Gasteiger partial charge in [0.05, 0.1) is 6.26 Å². The maximum atomic E-state index is 12.6. The van der Waals surface area contributed by atoms with Gasteiger partial charge >= 0.3 is 0 Å². The van der Waals surface area contributed by atoms with Crippen molar-refractivity contribution in [1.29, 1.82) is 0 Å². The van der Waals surface area contributed by atoms with E-state index in [-0.39, 0.29) is 5.91 Å². The maximum Gasteiger partial charge on any atom is 0.240 e. The Balaban J connectivity index is 1.86. The van der Waals surface area contributed by atoms with E-state index in [0.717, 1.165) is 11.3 Å². The lowest BCUT2D eigenvalue weighted by atomic mass is 10.1. The summed E-state index contributed by atoms with van der Waals surface area (Å²) in [7, 11) is 3.48. The summed E-state index contributed by atoms with van der Waals surface area (Å²) in [5, 5.41) is 11.9. The quantitative estimate of drug-likeness (QED) is 0.639. The Kier molecular flexibility index (Phi) is 4.95. The standard InChI is InChI=1S/C16H17N5O2S/c1-20(2)15(22)14(12-7-4-3-5-8-12)24-16-17-18-19-21(16)11-13-9-6-10-23-13/h3-10,14H,11H2,1-2H3. The van der Waals surface area contributed by atoms with Crippen LogP contribution in [-0.4, -0.2) is 45.1 Å². The van der Waals surface area contributed by atoms with Crippen LogP contribution in [0.2, 0.25) is 0 Å². The molecule has 0 spiro atoms. The van der Waals surface area contributed by atoms with Crippen molar-refractivity contribution in [3.05, 3.63) is 60.1 Å². The van der Waals surface area contributed by atoms with Crippen LogP contribution in [0, 0.1) is 0 Å². The molecule has 0 bridgehead atoms. The highest BCUT2D eigenvalue weighted by Crippen LogP contribution is 2.35. The van der Waals surface area contributed by atoms with Gasteiger partial charge in [-0.1, -0.05) is 42.1 Å². The van der Waals surface area contributed by atoms with E-state index in [1.54, 1.807) is 29.9 Å². The Morgan fingerprint density at radius 1 is 1.25 bits per heavy atom. The SMILES string of the molecule is CN(C)C(=O)C(Sc1nnnn1Cc1ccco1)c1ccccc1. The van der Waals surface area contributed by atoms with Gasteiger partial charge in [-0.3, -0.25) is 4.79 Å². The van der Waals surface area contributed by atoms with Crippen LogP contribution < -0.4 is 0 Å². The lowest BCUT2D eigenvalue weighted by Crippen LogP contribution is -2.27. The molecule has 0 saturated carbocycles. The van der Waals surface area contributed by atoms with E-state index in [1.807, 2.05) is 42.5 Å². The number of nitrogens with zero attached hydrogens (tertiary/aromatic N) is 5. The lowest BCUT2D eigenvalue weighted by Gasteiger charge is -2.19. The Morgan fingerprint density at radius 2 is 2.04 bits per heavy atom. The molecule has 24 heavy (non-hydrogen) atoms. The summed E-state index contributed by atoms with van der Waals surface area (Å²) in [6, 6.07) is 13.3. The Labute approximate surface area is 143 Å². The monoisotopic (exact) mass is 343 g/mol. The highest BCUT2D eigenvalue weighted by atomic mass is 32.2. The molecule has 8 heteroatoms. The summed E-state index contributed by atoms with van der Waals surface area (Å²) < 4.78 is 6.96. The molecule has 0 aliphatic rings. The van der Waals surface area contributed by atoms with Gasteiger partial charge in [0.1, 0.15) is 17.6 Å². The van der Waals surface area contributed by atoms with Crippen LogP contribution in [0.3, 0.4) is 0 Å². The van der Waals surface area contributed by atoms with Crippen molar-refractivity contribution < 1.29 is 9.21 Å². The molecule has 0 radical (unpaired) electrons. The molecule has 0 aliphatic heterocycles. The van der Waals surface area contributed by atoms with Crippen LogP contribution in [0.5, 0.6) is 0 Å². The van der Waals surface area contributed by atoms with E-state index in [1.165, 1.54) is 11.8 Å². The topological polar surface area (TPSA) is 77.1 Å². The second-order valence-electron chi connectivity index (χ2n) is 5.34. The Hall–Kier alpha value is -2.61. The molecule has 1 unspecified atom stereocenters. The third-order valence-corrected chi connectivity index (χ3v) is 4.59. The molecule has 124 valence electrons. The fraction of sp³-hybridized carbons (Fsp3) is 0.250. The third-order valence-electron chi connectivity index (χ3n) is 3.38. The van der Waals surface area contributed by atoms with Crippen LogP contribution in [0.15, 0.2) is 58.3 Å². The normalized spacial score (nSPS) is 12.1. The fourth-order valence-corrected chi connectivity index (χ4v) is 3.28. The van der Waals surface area contributed by atoms with Crippen LogP contribution in [0.4, 0.5) is 0 Å². The van der Waals surface area contributed by atoms with Crippen molar-refractivity contribution in [1.82, 2.24) is 25.1 Å². The second-order valence-corrected chi connectivity index (χ2v) is 6.41. The van der Waals surface area contributed by atoms with Crippen LogP contribution in [0.25, 0.3) is 0 Å². The van der Waals surface area contributed by atoms with Crippen molar-refractivity contribution in [3.8, 4) is 0 Å². The first-order chi connectivity index (χ1) is 11.6. The number of tetrazole rings is 1. The molecule has 0 N–H and O–H groups in total. The number of thioether (sulfide) groups is 1. The molecule has 0 aliphatic carbocycles. The van der Waals surface area contributed by atoms with E-state index in [9.17, 15) is 4.79 Å². The van der Waals surface area contributed by atoms with Crippen LogP contribution in [-0.2, 0) is 11.3 Å². The first kappa shape index (κ1) is 16.3. The highest BCUT2D eigenvalue weighted by Gasteiger charge is 2.26. The zero-order valence-corrected chi connectivity index (χ0v) is 14.2. The average Bonchev–Trinajstić information content (AvgIpc) is 3.25. The number of hydrogen-bond donors (Lipinski definition) is 0. The molecule has 2 aromatic heterocycles. The second kappa shape index (κ2) is 7.31. The molecular formula is C16H17N5O2S. The number of amides is 1. The van der Waals surface area contributed by atoms with Gasteiger partial charge < -0.3 is 9.32 Å². The van der Waals surface area contributed by atoms with Crippen molar-refractivity contribution >= 4 is 17.7 Å². The number of likely N-dealkylation sites (N-methyl/N-ethyl adjacent to an activating group) is 1. The molecule has 1 atom stereocenters. The van der Waals surface area contributed by atoms with Gasteiger partial charge in [0.15, 0.2) is 0 Å². The van der Waals surface area contributed by atoms with Crippen molar-refractivity contribution in [2.75, 3.05) is 14.1 Å². The van der Waals surface area contributed by atoms with Gasteiger partial charge in [-0.2, -0.15) is 0 Å². The van der Waals surface area contributed by atoms with Gasteiger partial charge in [-0.25, -0.2) is 4.68 Å². The highest BCUT2D eigenvalue weighted by molar-refractivity contribution is 8.00. The summed E-state index contributed by atoms with van der Waals surface area (Å²) in [4.78, 5) is 14.2. The molecule has 3 rings (SSSR count). The number of hydrogen-bond acceptors (Lipinski definition) is 6. The molecule has 1 aromatic carbocycles. The largest absolute Gasteiger partial charge is 0.467 e. The molecule has 0 fully saturated rings. The van der Waals surface area contributed by atoms with Crippen molar-refractivity contribution in [2.45, 2.75) is 17.0 Å². The van der Waals surface area contributed by atoms with E-state index in [0.29, 0.717) is 11.7 Å². The number of carbonyl (C=O) groups excluding carboxylic acids is 1. The predicted molar refractivity (Wildman–Crippen MR) is 89.4 cm³/mol. The lowest BCUT2D eigenvalue weighted by molar-refractivity contribution is -0.128. The number of carbonyl (C=O) groups is 1. The van der Waals surface area contributed by atoms with Gasteiger partial charge in [-0.05, 0) is 28.1 Å². The fourth-order valence-electron chi connectivity index (χ4n) is 2.16. The van der Waals surface area contributed by atoms with Gasteiger partial charge in [0, 0.05) is 14.1 Å². The maximum absolute atomic E-state index is 12.6. The number of aromatic nitrogens is 4. The average molecular weight is 343 g/mol. The van der Waals surface area contributed by atoms with Gasteiger partial charge in [-0.15, -0.1) is 5.10 Å². The minimum Gasteiger partial charge on any atom is -0.467 e. The molecule has 2 heterocycles.